The van der Waals surface area contributed by atoms with E-state index in [4.69, 9.17) is 0 Å². The average Bonchev–Trinajstić information content (AvgIpc) is 2.69. The lowest BCUT2D eigenvalue weighted by Gasteiger charge is -2.25. The predicted molar refractivity (Wildman–Crippen MR) is 111 cm³/mol. The molecule has 2 aromatic carbocycles. The van der Waals surface area contributed by atoms with Gasteiger partial charge in [0, 0.05) is 25.2 Å². The number of rotatable bonds is 8. The van der Waals surface area contributed by atoms with Gasteiger partial charge in [-0.15, -0.1) is 4.72 Å². The summed E-state index contributed by atoms with van der Waals surface area (Å²) >= 11 is -1.17. The summed E-state index contributed by atoms with van der Waals surface area (Å²) in [6.45, 7) is 3.39. The molecule has 0 saturated heterocycles. The Morgan fingerprint density at radius 1 is 1.00 bits per heavy atom. The molecule has 26 heavy (non-hydrogen) atoms. The van der Waals surface area contributed by atoms with Gasteiger partial charge in [0.1, 0.15) is 0 Å². The number of benzene rings is 2. The zero-order valence-corrected chi connectivity index (χ0v) is 16.3. The van der Waals surface area contributed by atoms with Crippen molar-refractivity contribution in [1.29, 1.82) is 0 Å². The van der Waals surface area contributed by atoms with Crippen LogP contribution in [0.5, 0.6) is 0 Å². The van der Waals surface area contributed by atoms with Crippen LogP contribution < -0.4 is 15.4 Å². The summed E-state index contributed by atoms with van der Waals surface area (Å²) in [7, 11) is 0. The Bertz CT molecular complexity index is 674. The molecule has 0 heterocycles. The molecule has 3 N–H and O–H groups in total. The van der Waals surface area contributed by atoms with Crippen LogP contribution in [0, 0.1) is 0 Å². The molecule has 1 saturated carbocycles. The highest BCUT2D eigenvalue weighted by molar-refractivity contribution is 7.89. The van der Waals surface area contributed by atoms with Gasteiger partial charge < -0.3 is 15.2 Å². The molecule has 2 aromatic rings. The molecular formula is C21H29N3OS. The van der Waals surface area contributed by atoms with E-state index in [-0.39, 0.29) is 0 Å². The van der Waals surface area contributed by atoms with Gasteiger partial charge in [0.05, 0.1) is 22.7 Å². The van der Waals surface area contributed by atoms with Crippen molar-refractivity contribution in [3.8, 4) is 0 Å². The lowest BCUT2D eigenvalue weighted by molar-refractivity contribution is 0.463. The largest absolute Gasteiger partial charge is 0.593 e. The molecule has 5 heteroatoms. The summed E-state index contributed by atoms with van der Waals surface area (Å²) in [5, 5.41) is 7.23. The van der Waals surface area contributed by atoms with Crippen molar-refractivity contribution >= 4 is 22.7 Å². The van der Waals surface area contributed by atoms with E-state index in [1.54, 1.807) is 0 Å². The Hall–Kier alpha value is -1.69. The fourth-order valence-electron chi connectivity index (χ4n) is 3.39. The van der Waals surface area contributed by atoms with Crippen LogP contribution >= 0.6 is 0 Å². The average molecular weight is 372 g/mol. The minimum Gasteiger partial charge on any atom is -0.593 e. The third-order valence-corrected chi connectivity index (χ3v) is 6.00. The van der Waals surface area contributed by atoms with Gasteiger partial charge in [-0.05, 0) is 37.5 Å². The van der Waals surface area contributed by atoms with Crippen molar-refractivity contribution in [3.05, 3.63) is 54.1 Å². The molecule has 1 fully saturated rings. The molecule has 1 aliphatic carbocycles. The van der Waals surface area contributed by atoms with E-state index < -0.39 is 11.4 Å². The first-order valence-electron chi connectivity index (χ1n) is 9.60. The molecule has 0 spiro atoms. The van der Waals surface area contributed by atoms with E-state index in [1.165, 1.54) is 37.7 Å². The van der Waals surface area contributed by atoms with Crippen LogP contribution in [0.1, 0.15) is 44.6 Å². The second kappa shape index (κ2) is 9.86. The quantitative estimate of drug-likeness (QED) is 0.590. The maximum Gasteiger partial charge on any atom is 0.176 e. The number of hydrogen-bond donors (Lipinski definition) is 3. The van der Waals surface area contributed by atoms with Gasteiger partial charge in [0.25, 0.3) is 0 Å². The summed E-state index contributed by atoms with van der Waals surface area (Å²) in [6, 6.07) is 16.9. The minimum absolute atomic E-state index is 0.533. The zero-order chi connectivity index (χ0) is 18.2. The molecule has 0 radical (unpaired) electrons. The van der Waals surface area contributed by atoms with E-state index >= 15 is 0 Å². The second-order valence-electron chi connectivity index (χ2n) is 6.79. The molecule has 4 nitrogen and oxygen atoms in total. The van der Waals surface area contributed by atoms with Crippen molar-refractivity contribution in [2.75, 3.05) is 17.2 Å². The Morgan fingerprint density at radius 2 is 1.77 bits per heavy atom. The zero-order valence-electron chi connectivity index (χ0n) is 15.5. The SMILES string of the molecule is CCN[S+]([O-])c1ccc(NC2CCCCC2)c(NCc2ccccc2)c1. The van der Waals surface area contributed by atoms with Gasteiger partial charge in [-0.1, -0.05) is 49.6 Å². The molecule has 0 aromatic heterocycles. The number of anilines is 2. The van der Waals surface area contributed by atoms with Crippen molar-refractivity contribution in [2.45, 2.75) is 56.5 Å². The summed E-state index contributed by atoms with van der Waals surface area (Å²) in [4.78, 5) is 0.802. The van der Waals surface area contributed by atoms with Crippen LogP contribution in [-0.2, 0) is 17.9 Å². The molecule has 1 atom stereocenters. The van der Waals surface area contributed by atoms with Gasteiger partial charge in [-0.2, -0.15) is 0 Å². The van der Waals surface area contributed by atoms with Gasteiger partial charge in [0.15, 0.2) is 4.90 Å². The lowest BCUT2D eigenvalue weighted by atomic mass is 9.95. The fraction of sp³-hybridized carbons (Fsp3) is 0.429. The van der Waals surface area contributed by atoms with E-state index in [2.05, 4.69) is 45.7 Å². The fourth-order valence-corrected chi connectivity index (χ4v) is 4.23. The van der Waals surface area contributed by atoms with E-state index in [0.717, 1.165) is 22.8 Å². The summed E-state index contributed by atoms with van der Waals surface area (Å²) in [5.74, 6) is 0. The van der Waals surface area contributed by atoms with Crippen molar-refractivity contribution in [3.63, 3.8) is 0 Å². The highest BCUT2D eigenvalue weighted by Crippen LogP contribution is 2.29. The first kappa shape index (κ1) is 19.1. The Kier molecular flexibility index (Phi) is 7.23. The molecule has 3 rings (SSSR count). The van der Waals surface area contributed by atoms with E-state index in [9.17, 15) is 4.55 Å². The molecule has 0 amide bonds. The maximum atomic E-state index is 12.3. The van der Waals surface area contributed by atoms with E-state index in [0.29, 0.717) is 12.6 Å². The smallest absolute Gasteiger partial charge is 0.176 e. The van der Waals surface area contributed by atoms with E-state index in [1.807, 2.05) is 25.1 Å². The van der Waals surface area contributed by atoms with Crippen LogP contribution in [0.15, 0.2) is 53.4 Å². The molecule has 0 bridgehead atoms. The first-order valence-corrected chi connectivity index (χ1v) is 10.7. The molecule has 0 aliphatic heterocycles. The highest BCUT2D eigenvalue weighted by atomic mass is 32.2. The van der Waals surface area contributed by atoms with Crippen molar-refractivity contribution < 1.29 is 4.55 Å². The summed E-state index contributed by atoms with van der Waals surface area (Å²) < 4.78 is 15.3. The topological polar surface area (TPSA) is 59.1 Å². The van der Waals surface area contributed by atoms with Crippen LogP contribution in [0.25, 0.3) is 0 Å². The van der Waals surface area contributed by atoms with Crippen LogP contribution in [-0.4, -0.2) is 17.1 Å². The second-order valence-corrected chi connectivity index (χ2v) is 8.09. The molecular weight excluding hydrogens is 342 g/mol. The number of hydrogen-bond acceptors (Lipinski definition) is 4. The highest BCUT2D eigenvalue weighted by Gasteiger charge is 2.17. The van der Waals surface area contributed by atoms with Crippen molar-refractivity contribution in [2.24, 2.45) is 0 Å². The molecule has 1 unspecified atom stereocenters. The third kappa shape index (κ3) is 5.40. The van der Waals surface area contributed by atoms with Crippen molar-refractivity contribution in [1.82, 2.24) is 4.72 Å². The monoisotopic (exact) mass is 371 g/mol. The first-order chi connectivity index (χ1) is 12.8. The van der Waals surface area contributed by atoms with Crippen LogP contribution in [0.3, 0.4) is 0 Å². The van der Waals surface area contributed by atoms with Crippen LogP contribution in [0.2, 0.25) is 0 Å². The van der Waals surface area contributed by atoms with Gasteiger partial charge in [-0.3, -0.25) is 0 Å². The third-order valence-electron chi connectivity index (χ3n) is 4.77. The number of nitrogens with one attached hydrogen (secondary N) is 3. The van der Waals surface area contributed by atoms with Gasteiger partial charge in [-0.25, -0.2) is 0 Å². The molecule has 1 aliphatic rings. The normalized spacial score (nSPS) is 16.2. The Morgan fingerprint density at radius 3 is 2.50 bits per heavy atom. The predicted octanol–water partition coefficient (Wildman–Crippen LogP) is 4.68. The summed E-state index contributed by atoms with van der Waals surface area (Å²) in [6.07, 6.45) is 6.39. The van der Waals surface area contributed by atoms with Gasteiger partial charge in [0.2, 0.25) is 0 Å². The maximum absolute atomic E-state index is 12.3. The molecule has 140 valence electrons. The lowest BCUT2D eigenvalue weighted by Crippen LogP contribution is -2.24. The van der Waals surface area contributed by atoms with Gasteiger partial charge >= 0.3 is 0 Å². The Balaban J connectivity index is 1.76. The Labute approximate surface area is 160 Å². The van der Waals surface area contributed by atoms with Crippen LogP contribution in [0.4, 0.5) is 11.4 Å². The minimum atomic E-state index is -1.17. The standard InChI is InChI=1S/C21H29N3OS/c1-2-23-26(25)19-13-14-20(24-18-11-7-4-8-12-18)21(15-19)22-16-17-9-5-3-6-10-17/h3,5-6,9-10,13-15,18,22-24H,2,4,7-8,11-12,16H2,1H3. The summed E-state index contributed by atoms with van der Waals surface area (Å²) in [5.41, 5.74) is 3.35.